The monoisotopic (exact) mass is 370 g/mol. The molecule has 1 saturated heterocycles. The zero-order chi connectivity index (χ0) is 18.9. The van der Waals surface area contributed by atoms with E-state index in [-0.39, 0.29) is 11.8 Å². The minimum Gasteiger partial charge on any atom is -0.339 e. The Morgan fingerprint density at radius 3 is 2.36 bits per heavy atom. The summed E-state index contributed by atoms with van der Waals surface area (Å²) < 4.78 is 7.42. The van der Waals surface area contributed by atoms with Crippen LogP contribution in [0.25, 0.3) is 17.1 Å². The van der Waals surface area contributed by atoms with E-state index in [1.807, 2.05) is 88.6 Å². The minimum atomic E-state index is 0.0260. The van der Waals surface area contributed by atoms with E-state index in [0.717, 1.165) is 11.3 Å². The summed E-state index contributed by atoms with van der Waals surface area (Å²) in [7, 11) is 0. The van der Waals surface area contributed by atoms with Gasteiger partial charge in [0.1, 0.15) is 0 Å². The quantitative estimate of drug-likeness (QED) is 0.549. The van der Waals surface area contributed by atoms with Crippen molar-refractivity contribution in [3.8, 4) is 17.1 Å². The molecule has 3 heterocycles. The Kier molecular flexibility index (Phi) is 4.01. The largest absolute Gasteiger partial charge is 0.339 e. The number of benzene rings is 2. The fourth-order valence-electron chi connectivity index (χ4n) is 3.37. The third kappa shape index (κ3) is 2.99. The summed E-state index contributed by atoms with van der Waals surface area (Å²) in [6.45, 7) is 1.18. The Morgan fingerprint density at radius 1 is 0.929 bits per heavy atom. The van der Waals surface area contributed by atoms with Crippen molar-refractivity contribution in [1.29, 1.82) is 0 Å². The first kappa shape index (κ1) is 16.5. The summed E-state index contributed by atoms with van der Waals surface area (Å²) in [6.07, 6.45) is 3.95. The Balaban J connectivity index is 1.23. The van der Waals surface area contributed by atoms with E-state index >= 15 is 0 Å². The number of rotatable bonds is 4. The lowest BCUT2D eigenvalue weighted by atomic mass is 9.98. The molecular weight excluding hydrogens is 352 g/mol. The van der Waals surface area contributed by atoms with E-state index in [1.165, 1.54) is 0 Å². The first-order valence-corrected chi connectivity index (χ1v) is 9.19. The van der Waals surface area contributed by atoms with Crippen LogP contribution in [0.5, 0.6) is 0 Å². The first-order chi connectivity index (χ1) is 13.8. The van der Waals surface area contributed by atoms with Crippen LogP contribution in [-0.4, -0.2) is 38.6 Å². The van der Waals surface area contributed by atoms with E-state index in [1.54, 1.807) is 0 Å². The SMILES string of the molecule is O=C(c1ccc(-n2cccc2)cc1)N1CC(c2nc(-c3ccccc3)no2)C1. The Morgan fingerprint density at radius 2 is 1.64 bits per heavy atom. The van der Waals surface area contributed by atoms with Gasteiger partial charge >= 0.3 is 0 Å². The zero-order valence-corrected chi connectivity index (χ0v) is 15.1. The molecule has 2 aromatic heterocycles. The molecule has 0 bridgehead atoms. The van der Waals surface area contributed by atoms with Crippen molar-refractivity contribution in [1.82, 2.24) is 19.6 Å². The lowest BCUT2D eigenvalue weighted by Gasteiger charge is -2.37. The van der Waals surface area contributed by atoms with Crippen LogP contribution in [0.1, 0.15) is 22.2 Å². The number of aromatic nitrogens is 3. The summed E-state index contributed by atoms with van der Waals surface area (Å²) in [5, 5.41) is 4.06. The van der Waals surface area contributed by atoms with Crippen LogP contribution in [0.3, 0.4) is 0 Å². The number of amides is 1. The molecule has 0 spiro atoms. The van der Waals surface area contributed by atoms with Gasteiger partial charge in [0.15, 0.2) is 0 Å². The second kappa shape index (κ2) is 6.81. The molecule has 28 heavy (non-hydrogen) atoms. The summed E-state index contributed by atoms with van der Waals surface area (Å²) in [4.78, 5) is 19.0. The van der Waals surface area contributed by atoms with Crippen LogP contribution in [0.4, 0.5) is 0 Å². The molecule has 0 N–H and O–H groups in total. The molecule has 1 aliphatic heterocycles. The molecular formula is C22H18N4O2. The topological polar surface area (TPSA) is 64.2 Å². The second-order valence-corrected chi connectivity index (χ2v) is 6.87. The molecule has 6 nitrogen and oxygen atoms in total. The molecule has 1 aliphatic rings. The van der Waals surface area contributed by atoms with Gasteiger partial charge in [0.25, 0.3) is 5.91 Å². The van der Waals surface area contributed by atoms with Gasteiger partial charge in [0.05, 0.1) is 5.92 Å². The van der Waals surface area contributed by atoms with Crippen molar-refractivity contribution in [2.75, 3.05) is 13.1 Å². The molecule has 1 amide bonds. The van der Waals surface area contributed by atoms with Crippen molar-refractivity contribution in [2.24, 2.45) is 0 Å². The van der Waals surface area contributed by atoms with Crippen molar-refractivity contribution >= 4 is 5.91 Å². The number of carbonyl (C=O) groups excluding carboxylic acids is 1. The van der Waals surface area contributed by atoms with Crippen LogP contribution in [-0.2, 0) is 0 Å². The zero-order valence-electron chi connectivity index (χ0n) is 15.1. The molecule has 5 rings (SSSR count). The number of hydrogen-bond donors (Lipinski definition) is 0. The van der Waals surface area contributed by atoms with Gasteiger partial charge in [0.2, 0.25) is 11.7 Å². The predicted molar refractivity (Wildman–Crippen MR) is 104 cm³/mol. The van der Waals surface area contributed by atoms with Crippen molar-refractivity contribution in [2.45, 2.75) is 5.92 Å². The molecule has 0 aliphatic carbocycles. The second-order valence-electron chi connectivity index (χ2n) is 6.87. The number of hydrogen-bond acceptors (Lipinski definition) is 4. The number of carbonyl (C=O) groups is 1. The Hall–Kier alpha value is -3.67. The molecule has 0 atom stereocenters. The van der Waals surface area contributed by atoms with E-state index < -0.39 is 0 Å². The van der Waals surface area contributed by atoms with Gasteiger partial charge in [-0.05, 0) is 36.4 Å². The highest BCUT2D eigenvalue weighted by molar-refractivity contribution is 5.95. The smallest absolute Gasteiger partial charge is 0.253 e. The lowest BCUT2D eigenvalue weighted by Crippen LogP contribution is -2.48. The van der Waals surface area contributed by atoms with Gasteiger partial charge in [-0.1, -0.05) is 35.5 Å². The van der Waals surface area contributed by atoms with Crippen molar-refractivity contribution in [3.63, 3.8) is 0 Å². The van der Waals surface area contributed by atoms with Gasteiger partial charge < -0.3 is 14.0 Å². The maximum absolute atomic E-state index is 12.7. The molecule has 6 heteroatoms. The highest BCUT2D eigenvalue weighted by atomic mass is 16.5. The van der Waals surface area contributed by atoms with Crippen LogP contribution in [0.15, 0.2) is 83.6 Å². The van der Waals surface area contributed by atoms with E-state index in [9.17, 15) is 4.79 Å². The van der Waals surface area contributed by atoms with E-state index in [0.29, 0.717) is 30.4 Å². The highest BCUT2D eigenvalue weighted by Gasteiger charge is 2.36. The van der Waals surface area contributed by atoms with Crippen LogP contribution < -0.4 is 0 Å². The first-order valence-electron chi connectivity index (χ1n) is 9.19. The minimum absolute atomic E-state index is 0.0260. The lowest BCUT2D eigenvalue weighted by molar-refractivity contribution is 0.0569. The standard InChI is InChI=1S/C22H18N4O2/c27-22(17-8-10-19(11-9-17)25-12-4-5-13-25)26-14-18(15-26)21-23-20(24-28-21)16-6-2-1-3-7-16/h1-13,18H,14-15H2. The van der Waals surface area contributed by atoms with Gasteiger partial charge in [-0.15, -0.1) is 0 Å². The van der Waals surface area contributed by atoms with Gasteiger partial charge in [0, 0.05) is 42.3 Å². The third-order valence-corrected chi connectivity index (χ3v) is 5.01. The van der Waals surface area contributed by atoms with Crippen LogP contribution >= 0.6 is 0 Å². The van der Waals surface area contributed by atoms with Gasteiger partial charge in [-0.3, -0.25) is 4.79 Å². The van der Waals surface area contributed by atoms with Crippen LogP contribution in [0, 0.1) is 0 Å². The summed E-state index contributed by atoms with van der Waals surface area (Å²) in [5.41, 5.74) is 2.64. The highest BCUT2D eigenvalue weighted by Crippen LogP contribution is 2.29. The molecule has 4 aromatic rings. The normalized spacial score (nSPS) is 14.1. The number of likely N-dealkylation sites (tertiary alicyclic amines) is 1. The van der Waals surface area contributed by atoms with Crippen LogP contribution in [0.2, 0.25) is 0 Å². The Bertz CT molecular complexity index is 1080. The third-order valence-electron chi connectivity index (χ3n) is 5.01. The fourth-order valence-corrected chi connectivity index (χ4v) is 3.37. The van der Waals surface area contributed by atoms with E-state index in [2.05, 4.69) is 10.1 Å². The van der Waals surface area contributed by atoms with Gasteiger partial charge in [-0.2, -0.15) is 4.98 Å². The van der Waals surface area contributed by atoms with E-state index in [4.69, 9.17) is 4.52 Å². The van der Waals surface area contributed by atoms with Crippen molar-refractivity contribution < 1.29 is 9.32 Å². The predicted octanol–water partition coefficient (Wildman–Crippen LogP) is 3.77. The molecule has 0 saturated carbocycles. The molecule has 2 aromatic carbocycles. The molecule has 0 radical (unpaired) electrons. The fraction of sp³-hybridized carbons (Fsp3) is 0.136. The summed E-state index contributed by atoms with van der Waals surface area (Å²) in [5.74, 6) is 1.29. The van der Waals surface area contributed by atoms with Gasteiger partial charge in [-0.25, -0.2) is 0 Å². The number of nitrogens with zero attached hydrogens (tertiary/aromatic N) is 4. The summed E-state index contributed by atoms with van der Waals surface area (Å²) >= 11 is 0. The average Bonchev–Trinajstić information content (AvgIpc) is 3.40. The molecule has 0 unspecified atom stereocenters. The maximum atomic E-state index is 12.7. The molecule has 1 fully saturated rings. The summed E-state index contributed by atoms with van der Waals surface area (Å²) in [6, 6.07) is 21.3. The average molecular weight is 370 g/mol. The Labute approximate surface area is 162 Å². The maximum Gasteiger partial charge on any atom is 0.253 e. The molecule has 138 valence electrons. The van der Waals surface area contributed by atoms with Crippen molar-refractivity contribution in [3.05, 3.63) is 90.6 Å².